The Morgan fingerprint density at radius 1 is 1.42 bits per heavy atom. The van der Waals surface area contributed by atoms with E-state index >= 15 is 0 Å². The third kappa shape index (κ3) is 2.03. The summed E-state index contributed by atoms with van der Waals surface area (Å²) in [5.74, 6) is 1.56. The van der Waals surface area contributed by atoms with Crippen molar-refractivity contribution in [2.24, 2.45) is 0 Å². The first kappa shape index (κ1) is 11.6. The summed E-state index contributed by atoms with van der Waals surface area (Å²) in [7, 11) is 0. The summed E-state index contributed by atoms with van der Waals surface area (Å²) in [5.41, 5.74) is 2.33. The van der Waals surface area contributed by atoms with Crippen molar-refractivity contribution in [2.75, 3.05) is 0 Å². The Morgan fingerprint density at radius 2 is 2.32 bits per heavy atom. The molecule has 0 aliphatic carbocycles. The van der Waals surface area contributed by atoms with Crippen LogP contribution in [0, 0.1) is 0 Å². The Hall–Kier alpha value is -2.43. The van der Waals surface area contributed by atoms with Crippen LogP contribution >= 0.6 is 0 Å². The molecule has 1 aromatic carbocycles. The predicted octanol–water partition coefficient (Wildman–Crippen LogP) is 2.65. The maximum absolute atomic E-state index is 10.8. The SMILES string of the molecule is CCCn1ccnc1-c1nc2ccc(C=O)cc2[nH]1. The second-order valence-electron chi connectivity index (χ2n) is 4.42. The van der Waals surface area contributed by atoms with Gasteiger partial charge in [-0.2, -0.15) is 0 Å². The van der Waals surface area contributed by atoms with Gasteiger partial charge in [-0.15, -0.1) is 0 Å². The van der Waals surface area contributed by atoms with E-state index in [0.29, 0.717) is 5.56 Å². The number of rotatable bonds is 4. The molecule has 0 fully saturated rings. The number of nitrogens with one attached hydrogen (secondary N) is 1. The number of nitrogens with zero attached hydrogens (tertiary/aromatic N) is 3. The molecule has 3 rings (SSSR count). The van der Waals surface area contributed by atoms with Crippen molar-refractivity contribution < 1.29 is 4.79 Å². The maximum Gasteiger partial charge on any atom is 0.176 e. The monoisotopic (exact) mass is 254 g/mol. The molecule has 0 aliphatic rings. The standard InChI is InChI=1S/C14H14N4O/c1-2-6-18-7-5-15-14(18)13-16-11-4-3-10(9-19)8-12(11)17-13/h3-5,7-9H,2,6H2,1H3,(H,16,17). The highest BCUT2D eigenvalue weighted by Crippen LogP contribution is 2.20. The van der Waals surface area contributed by atoms with Gasteiger partial charge in [0.2, 0.25) is 0 Å². The van der Waals surface area contributed by atoms with Gasteiger partial charge in [0.05, 0.1) is 11.0 Å². The zero-order valence-corrected chi connectivity index (χ0v) is 10.6. The van der Waals surface area contributed by atoms with Gasteiger partial charge in [0.25, 0.3) is 0 Å². The first-order valence-corrected chi connectivity index (χ1v) is 6.28. The molecule has 96 valence electrons. The molecule has 0 aliphatic heterocycles. The van der Waals surface area contributed by atoms with E-state index < -0.39 is 0 Å². The molecule has 0 unspecified atom stereocenters. The van der Waals surface area contributed by atoms with Crippen LogP contribution in [0.4, 0.5) is 0 Å². The van der Waals surface area contributed by atoms with E-state index in [9.17, 15) is 4.79 Å². The number of hydrogen-bond donors (Lipinski definition) is 1. The van der Waals surface area contributed by atoms with Crippen molar-refractivity contribution in [2.45, 2.75) is 19.9 Å². The van der Waals surface area contributed by atoms with Crippen molar-refractivity contribution in [3.05, 3.63) is 36.2 Å². The molecule has 0 spiro atoms. The highest BCUT2D eigenvalue weighted by atomic mass is 16.1. The number of aldehydes is 1. The number of H-pyrrole nitrogens is 1. The fraction of sp³-hybridized carbons (Fsp3) is 0.214. The topological polar surface area (TPSA) is 63.6 Å². The summed E-state index contributed by atoms with van der Waals surface area (Å²) >= 11 is 0. The van der Waals surface area contributed by atoms with Gasteiger partial charge in [-0.25, -0.2) is 9.97 Å². The van der Waals surface area contributed by atoms with Crippen LogP contribution in [0.1, 0.15) is 23.7 Å². The number of aromatic nitrogens is 4. The number of fused-ring (bicyclic) bond motifs is 1. The van der Waals surface area contributed by atoms with E-state index in [1.54, 1.807) is 18.3 Å². The molecule has 2 aromatic heterocycles. The highest BCUT2D eigenvalue weighted by Gasteiger charge is 2.10. The Morgan fingerprint density at radius 3 is 3.11 bits per heavy atom. The lowest BCUT2D eigenvalue weighted by Gasteiger charge is -2.02. The Labute approximate surface area is 110 Å². The minimum absolute atomic E-state index is 0.639. The average Bonchev–Trinajstić information content (AvgIpc) is 3.03. The van der Waals surface area contributed by atoms with Gasteiger partial charge < -0.3 is 9.55 Å². The van der Waals surface area contributed by atoms with Crippen molar-refractivity contribution in [1.82, 2.24) is 19.5 Å². The third-order valence-corrected chi connectivity index (χ3v) is 3.03. The Kier molecular flexibility index (Phi) is 2.87. The van der Waals surface area contributed by atoms with Crippen molar-refractivity contribution in [3.8, 4) is 11.6 Å². The number of aryl methyl sites for hydroxylation is 1. The summed E-state index contributed by atoms with van der Waals surface area (Å²) in [6.45, 7) is 3.03. The van der Waals surface area contributed by atoms with Gasteiger partial charge >= 0.3 is 0 Å². The molecule has 19 heavy (non-hydrogen) atoms. The van der Waals surface area contributed by atoms with Gasteiger partial charge in [-0.05, 0) is 24.6 Å². The number of carbonyl (C=O) groups excluding carboxylic acids is 1. The van der Waals surface area contributed by atoms with Crippen LogP contribution in [0.2, 0.25) is 0 Å². The molecule has 0 radical (unpaired) electrons. The zero-order chi connectivity index (χ0) is 13.2. The largest absolute Gasteiger partial charge is 0.335 e. The van der Waals surface area contributed by atoms with Crippen LogP contribution < -0.4 is 0 Å². The molecule has 0 bridgehead atoms. The summed E-state index contributed by atoms with van der Waals surface area (Å²) in [5, 5.41) is 0. The second kappa shape index (κ2) is 4.68. The molecule has 0 amide bonds. The van der Waals surface area contributed by atoms with Crippen LogP contribution in [0.5, 0.6) is 0 Å². The lowest BCUT2D eigenvalue weighted by Crippen LogP contribution is -1.99. The Balaban J connectivity index is 2.09. The van der Waals surface area contributed by atoms with Crippen molar-refractivity contribution in [1.29, 1.82) is 0 Å². The molecule has 5 heteroatoms. The van der Waals surface area contributed by atoms with Crippen molar-refractivity contribution >= 4 is 17.3 Å². The lowest BCUT2D eigenvalue weighted by atomic mass is 10.2. The van der Waals surface area contributed by atoms with Gasteiger partial charge in [0.15, 0.2) is 11.6 Å². The highest BCUT2D eigenvalue weighted by molar-refractivity contribution is 5.86. The van der Waals surface area contributed by atoms with Gasteiger partial charge in [0.1, 0.15) is 6.29 Å². The van der Waals surface area contributed by atoms with Crippen LogP contribution in [0.25, 0.3) is 22.7 Å². The molecule has 5 nitrogen and oxygen atoms in total. The number of benzene rings is 1. The molecular formula is C14H14N4O. The summed E-state index contributed by atoms with van der Waals surface area (Å²) in [4.78, 5) is 22.9. The molecule has 0 saturated carbocycles. The molecule has 2 heterocycles. The van der Waals surface area contributed by atoms with Crippen LogP contribution in [-0.4, -0.2) is 25.8 Å². The van der Waals surface area contributed by atoms with Crippen LogP contribution in [0.15, 0.2) is 30.6 Å². The summed E-state index contributed by atoms with van der Waals surface area (Å²) in [6.07, 6.45) is 5.59. The van der Waals surface area contributed by atoms with Gasteiger partial charge in [0, 0.05) is 24.5 Å². The zero-order valence-electron chi connectivity index (χ0n) is 10.6. The number of imidazole rings is 2. The molecular weight excluding hydrogens is 240 g/mol. The fourth-order valence-electron chi connectivity index (χ4n) is 2.15. The summed E-state index contributed by atoms with van der Waals surface area (Å²) < 4.78 is 2.07. The fourth-order valence-corrected chi connectivity index (χ4v) is 2.15. The average molecular weight is 254 g/mol. The van der Waals surface area contributed by atoms with E-state index in [1.807, 2.05) is 12.3 Å². The smallest absolute Gasteiger partial charge is 0.176 e. The van der Waals surface area contributed by atoms with E-state index in [2.05, 4.69) is 26.4 Å². The molecule has 0 atom stereocenters. The normalized spacial score (nSPS) is 11.0. The van der Waals surface area contributed by atoms with E-state index in [1.165, 1.54) is 0 Å². The van der Waals surface area contributed by atoms with E-state index in [4.69, 9.17) is 0 Å². The Bertz CT molecular complexity index is 726. The van der Waals surface area contributed by atoms with Crippen LogP contribution in [-0.2, 0) is 6.54 Å². The first-order valence-electron chi connectivity index (χ1n) is 6.28. The van der Waals surface area contributed by atoms with Crippen LogP contribution in [0.3, 0.4) is 0 Å². The maximum atomic E-state index is 10.8. The number of carbonyl (C=O) groups is 1. The number of hydrogen-bond acceptors (Lipinski definition) is 3. The predicted molar refractivity (Wildman–Crippen MR) is 73.0 cm³/mol. The first-order chi connectivity index (χ1) is 9.31. The van der Waals surface area contributed by atoms with Gasteiger partial charge in [-0.3, -0.25) is 4.79 Å². The van der Waals surface area contributed by atoms with E-state index in [0.717, 1.165) is 41.9 Å². The van der Waals surface area contributed by atoms with Crippen molar-refractivity contribution in [3.63, 3.8) is 0 Å². The third-order valence-electron chi connectivity index (χ3n) is 3.03. The van der Waals surface area contributed by atoms with Gasteiger partial charge in [-0.1, -0.05) is 6.92 Å². The molecule has 1 N–H and O–H groups in total. The van der Waals surface area contributed by atoms with E-state index in [-0.39, 0.29) is 0 Å². The second-order valence-corrected chi connectivity index (χ2v) is 4.42. The quantitative estimate of drug-likeness (QED) is 0.728. The summed E-state index contributed by atoms with van der Waals surface area (Å²) in [6, 6.07) is 5.40. The molecule has 3 aromatic rings. The minimum Gasteiger partial charge on any atom is -0.335 e. The lowest BCUT2D eigenvalue weighted by molar-refractivity contribution is 0.112. The minimum atomic E-state index is 0.639. The molecule has 0 saturated heterocycles. The number of aromatic amines is 1.